The second-order valence-corrected chi connectivity index (χ2v) is 6.60. The molecule has 1 fully saturated rings. The van der Waals surface area contributed by atoms with Crippen LogP contribution in [-0.2, 0) is 17.8 Å². The Hall–Kier alpha value is -2.45. The molecule has 2 aliphatic rings. The second kappa shape index (κ2) is 7.84. The Labute approximate surface area is 152 Å². The molecule has 0 aromatic carbocycles. The van der Waals surface area contributed by atoms with E-state index in [0.717, 1.165) is 31.0 Å². The van der Waals surface area contributed by atoms with Crippen LogP contribution < -0.4 is 5.32 Å². The maximum Gasteiger partial charge on any atom is 0.317 e. The van der Waals surface area contributed by atoms with Gasteiger partial charge in [0.15, 0.2) is 0 Å². The summed E-state index contributed by atoms with van der Waals surface area (Å²) in [6, 6.07) is 5.94. The van der Waals surface area contributed by atoms with Gasteiger partial charge in [0.1, 0.15) is 0 Å². The van der Waals surface area contributed by atoms with Gasteiger partial charge >= 0.3 is 6.03 Å². The largest absolute Gasteiger partial charge is 0.379 e. The van der Waals surface area contributed by atoms with Gasteiger partial charge in [-0.25, -0.2) is 9.78 Å². The van der Waals surface area contributed by atoms with Crippen molar-refractivity contribution in [3.05, 3.63) is 48.3 Å². The van der Waals surface area contributed by atoms with Crippen molar-refractivity contribution >= 4 is 6.03 Å². The van der Waals surface area contributed by atoms with Crippen LogP contribution >= 0.6 is 0 Å². The molecular formula is C18H24N6O2. The van der Waals surface area contributed by atoms with E-state index in [1.165, 1.54) is 0 Å². The molecule has 1 N–H and O–H groups in total. The number of amides is 2. The highest BCUT2D eigenvalue weighted by Crippen LogP contribution is 2.19. The van der Waals surface area contributed by atoms with E-state index in [-0.39, 0.29) is 12.1 Å². The zero-order valence-corrected chi connectivity index (χ0v) is 14.8. The van der Waals surface area contributed by atoms with Gasteiger partial charge in [-0.2, -0.15) is 0 Å². The Morgan fingerprint density at radius 1 is 1.23 bits per heavy atom. The number of ether oxygens (including phenoxy) is 1. The molecule has 1 atom stereocenters. The van der Waals surface area contributed by atoms with Crippen molar-refractivity contribution in [3.63, 3.8) is 0 Å². The number of morpholine rings is 1. The van der Waals surface area contributed by atoms with Crippen LogP contribution in [0.4, 0.5) is 4.79 Å². The summed E-state index contributed by atoms with van der Waals surface area (Å²) in [5.41, 5.74) is 2.05. The monoisotopic (exact) mass is 356 g/mol. The lowest BCUT2D eigenvalue weighted by atomic mass is 10.1. The van der Waals surface area contributed by atoms with Crippen LogP contribution in [0.2, 0.25) is 0 Å². The molecule has 2 aromatic rings. The van der Waals surface area contributed by atoms with Gasteiger partial charge in [-0.05, 0) is 12.1 Å². The van der Waals surface area contributed by atoms with E-state index < -0.39 is 0 Å². The minimum Gasteiger partial charge on any atom is -0.379 e. The number of nitrogens with one attached hydrogen (secondary N) is 1. The fraction of sp³-hybridized carbons (Fsp3) is 0.500. The third-order valence-corrected chi connectivity index (χ3v) is 5.01. The highest BCUT2D eigenvalue weighted by Gasteiger charge is 2.26. The molecule has 2 aliphatic heterocycles. The normalized spacial score (nSPS) is 19.0. The van der Waals surface area contributed by atoms with Crippen molar-refractivity contribution in [2.75, 3.05) is 39.4 Å². The number of pyridine rings is 1. The number of nitrogens with zero attached hydrogens (tertiary/aromatic N) is 5. The summed E-state index contributed by atoms with van der Waals surface area (Å²) in [6.45, 7) is 5.74. The van der Waals surface area contributed by atoms with Gasteiger partial charge in [0.2, 0.25) is 0 Å². The molecule has 8 nitrogen and oxygen atoms in total. The van der Waals surface area contributed by atoms with Gasteiger partial charge in [0.05, 0.1) is 43.5 Å². The summed E-state index contributed by atoms with van der Waals surface area (Å²) < 4.78 is 7.56. The fourth-order valence-corrected chi connectivity index (χ4v) is 3.54. The van der Waals surface area contributed by atoms with Gasteiger partial charge in [0.25, 0.3) is 0 Å². The van der Waals surface area contributed by atoms with Crippen molar-refractivity contribution in [1.82, 2.24) is 29.7 Å². The molecule has 0 bridgehead atoms. The van der Waals surface area contributed by atoms with Gasteiger partial charge in [-0.3, -0.25) is 9.88 Å². The topological polar surface area (TPSA) is 75.5 Å². The number of hydrogen-bond acceptors (Lipinski definition) is 5. The molecule has 138 valence electrons. The summed E-state index contributed by atoms with van der Waals surface area (Å²) >= 11 is 0. The van der Waals surface area contributed by atoms with Gasteiger partial charge < -0.3 is 19.5 Å². The Balaban J connectivity index is 1.40. The lowest BCUT2D eigenvalue weighted by Gasteiger charge is -2.35. The summed E-state index contributed by atoms with van der Waals surface area (Å²) in [4.78, 5) is 25.5. The number of urea groups is 1. The summed E-state index contributed by atoms with van der Waals surface area (Å²) in [6.07, 6.45) is 5.44. The third-order valence-electron chi connectivity index (χ3n) is 5.01. The lowest BCUT2D eigenvalue weighted by Crippen LogP contribution is -2.48. The summed E-state index contributed by atoms with van der Waals surface area (Å²) in [5, 5.41) is 3.11. The minimum atomic E-state index is -0.0355. The minimum absolute atomic E-state index is 0.0355. The maximum atomic E-state index is 12.7. The first kappa shape index (κ1) is 17.0. The van der Waals surface area contributed by atoms with E-state index in [1.54, 1.807) is 6.20 Å². The molecule has 0 aliphatic carbocycles. The number of hydrogen-bond donors (Lipinski definition) is 1. The Kier molecular flexibility index (Phi) is 5.12. The van der Waals surface area contributed by atoms with Crippen molar-refractivity contribution in [1.29, 1.82) is 0 Å². The van der Waals surface area contributed by atoms with Crippen LogP contribution in [-0.4, -0.2) is 69.8 Å². The van der Waals surface area contributed by atoms with Crippen LogP contribution in [0.5, 0.6) is 0 Å². The number of fused-ring (bicyclic) bond motifs is 1. The standard InChI is InChI=1S/C18H24N6O2/c25-18(23-5-6-24-14-19-11-15(24)13-23)21-12-17(16-3-1-2-4-20-16)22-7-9-26-10-8-22/h1-4,11,14,17H,5-10,12-13H2,(H,21,25)/t17-/m1/s1. The van der Waals surface area contributed by atoms with Crippen molar-refractivity contribution in [3.8, 4) is 0 Å². The molecule has 4 rings (SSSR count). The highest BCUT2D eigenvalue weighted by atomic mass is 16.5. The second-order valence-electron chi connectivity index (χ2n) is 6.60. The smallest absolute Gasteiger partial charge is 0.317 e. The van der Waals surface area contributed by atoms with Crippen LogP contribution in [0, 0.1) is 0 Å². The summed E-state index contributed by atoms with van der Waals surface area (Å²) in [7, 11) is 0. The predicted octanol–water partition coefficient (Wildman–Crippen LogP) is 0.877. The number of aromatic nitrogens is 3. The molecule has 2 aromatic heterocycles. The molecular weight excluding hydrogens is 332 g/mol. The lowest BCUT2D eigenvalue weighted by molar-refractivity contribution is 0.0155. The number of carbonyl (C=O) groups excluding carboxylic acids is 1. The van der Waals surface area contributed by atoms with E-state index in [2.05, 4.69) is 24.8 Å². The average molecular weight is 356 g/mol. The molecule has 26 heavy (non-hydrogen) atoms. The molecule has 0 saturated carbocycles. The van der Waals surface area contributed by atoms with Gasteiger partial charge in [-0.15, -0.1) is 0 Å². The van der Waals surface area contributed by atoms with Crippen LogP contribution in [0.15, 0.2) is 36.9 Å². The Bertz CT molecular complexity index is 728. The number of rotatable bonds is 4. The first-order chi connectivity index (χ1) is 12.8. The molecule has 4 heterocycles. The fourth-order valence-electron chi connectivity index (χ4n) is 3.54. The van der Waals surface area contributed by atoms with Crippen molar-refractivity contribution in [2.45, 2.75) is 19.1 Å². The molecule has 1 saturated heterocycles. The molecule has 0 radical (unpaired) electrons. The van der Waals surface area contributed by atoms with Crippen LogP contribution in [0.25, 0.3) is 0 Å². The molecule has 8 heteroatoms. The first-order valence-electron chi connectivity index (χ1n) is 9.06. The predicted molar refractivity (Wildman–Crippen MR) is 95.4 cm³/mol. The zero-order valence-electron chi connectivity index (χ0n) is 14.8. The van der Waals surface area contributed by atoms with Crippen molar-refractivity contribution in [2.24, 2.45) is 0 Å². The third kappa shape index (κ3) is 3.71. The Morgan fingerprint density at radius 2 is 2.12 bits per heavy atom. The van der Waals surface area contributed by atoms with Gasteiger partial charge in [-0.1, -0.05) is 6.07 Å². The van der Waals surface area contributed by atoms with Gasteiger partial charge in [0, 0.05) is 45.1 Å². The summed E-state index contributed by atoms with van der Waals surface area (Å²) in [5.74, 6) is 0. The molecule has 2 amide bonds. The molecule has 0 spiro atoms. The average Bonchev–Trinajstić information content (AvgIpc) is 3.17. The SMILES string of the molecule is O=C(NC[C@H](c1ccccn1)N1CCOCC1)N1CCn2cncc2C1. The highest BCUT2D eigenvalue weighted by molar-refractivity contribution is 5.74. The van der Waals surface area contributed by atoms with E-state index in [1.807, 2.05) is 35.6 Å². The van der Waals surface area contributed by atoms with E-state index in [4.69, 9.17) is 4.74 Å². The maximum absolute atomic E-state index is 12.7. The van der Waals surface area contributed by atoms with Crippen LogP contribution in [0.1, 0.15) is 17.4 Å². The number of carbonyl (C=O) groups is 1. The van der Waals surface area contributed by atoms with Crippen LogP contribution in [0.3, 0.4) is 0 Å². The first-order valence-corrected chi connectivity index (χ1v) is 9.06. The Morgan fingerprint density at radius 3 is 2.92 bits per heavy atom. The quantitative estimate of drug-likeness (QED) is 0.880. The molecule has 0 unspecified atom stereocenters. The van der Waals surface area contributed by atoms with E-state index >= 15 is 0 Å². The van der Waals surface area contributed by atoms with E-state index in [0.29, 0.717) is 32.8 Å². The number of imidazole rings is 1. The van der Waals surface area contributed by atoms with E-state index in [9.17, 15) is 4.79 Å². The van der Waals surface area contributed by atoms with Crippen molar-refractivity contribution < 1.29 is 9.53 Å². The zero-order chi connectivity index (χ0) is 17.8.